The Morgan fingerprint density at radius 2 is 1.70 bits per heavy atom. The summed E-state index contributed by atoms with van der Waals surface area (Å²) in [6, 6.07) is 4.77. The summed E-state index contributed by atoms with van der Waals surface area (Å²) in [7, 11) is 0. The number of carboxylic acids is 1. The Labute approximate surface area is 137 Å². The Bertz CT molecular complexity index is 596. The van der Waals surface area contributed by atoms with Gasteiger partial charge in [-0.05, 0) is 64.3 Å². The Balaban J connectivity index is 2.04. The number of hydrogen-bond donors (Lipinski definition) is 1. The van der Waals surface area contributed by atoms with Crippen LogP contribution in [0.5, 0.6) is 0 Å². The number of benzene rings is 1. The molecule has 0 aromatic heterocycles. The molecule has 0 bridgehead atoms. The molecule has 0 aliphatic carbocycles. The summed E-state index contributed by atoms with van der Waals surface area (Å²) in [5, 5.41) is 9.13. The smallest absolute Gasteiger partial charge is 0.335 e. The molecule has 1 aliphatic rings. The summed E-state index contributed by atoms with van der Waals surface area (Å²) in [5.74, 6) is -1.12. The highest BCUT2D eigenvalue weighted by Gasteiger charge is 2.27. The summed E-state index contributed by atoms with van der Waals surface area (Å²) in [4.78, 5) is 25.5. The first-order chi connectivity index (χ1) is 10.7. The fourth-order valence-corrected chi connectivity index (χ4v) is 2.89. The predicted molar refractivity (Wildman–Crippen MR) is 87.9 cm³/mol. The van der Waals surface area contributed by atoms with Crippen molar-refractivity contribution >= 4 is 11.9 Å². The van der Waals surface area contributed by atoms with Crippen molar-refractivity contribution in [2.45, 2.75) is 52.2 Å². The van der Waals surface area contributed by atoms with E-state index in [-0.39, 0.29) is 23.2 Å². The molecule has 1 aromatic carbocycles. The minimum Gasteiger partial charge on any atom is -0.478 e. The number of ether oxygens (including phenoxy) is 1. The van der Waals surface area contributed by atoms with Crippen molar-refractivity contribution in [1.29, 1.82) is 0 Å². The molecule has 0 saturated carbocycles. The first kappa shape index (κ1) is 17.5. The number of carbonyl (C=O) groups is 2. The minimum absolute atomic E-state index is 0.106. The zero-order valence-corrected chi connectivity index (χ0v) is 14.3. The zero-order valence-electron chi connectivity index (χ0n) is 14.3. The van der Waals surface area contributed by atoms with E-state index in [1.165, 1.54) is 6.07 Å². The maximum atomic E-state index is 12.6. The monoisotopic (exact) mass is 319 g/mol. The van der Waals surface area contributed by atoms with Gasteiger partial charge in [0.1, 0.15) is 0 Å². The number of carbonyl (C=O) groups excluding carboxylic acids is 1. The number of nitrogens with zero attached hydrogens (tertiary/aromatic N) is 1. The highest BCUT2D eigenvalue weighted by Crippen LogP contribution is 2.22. The van der Waals surface area contributed by atoms with Crippen LogP contribution in [0.4, 0.5) is 0 Å². The van der Waals surface area contributed by atoms with Crippen LogP contribution in [0, 0.1) is 6.92 Å². The normalized spacial score (nSPS) is 16.4. The van der Waals surface area contributed by atoms with Gasteiger partial charge in [-0.1, -0.05) is 0 Å². The van der Waals surface area contributed by atoms with E-state index in [0.717, 1.165) is 18.4 Å². The molecule has 1 heterocycles. The number of aryl methyl sites for hydroxylation is 1. The highest BCUT2D eigenvalue weighted by atomic mass is 16.5. The summed E-state index contributed by atoms with van der Waals surface area (Å²) in [6.07, 6.45) is 1.78. The van der Waals surface area contributed by atoms with Crippen molar-refractivity contribution < 1.29 is 19.4 Å². The molecule has 1 amide bonds. The van der Waals surface area contributed by atoms with Crippen molar-refractivity contribution in [3.05, 3.63) is 34.9 Å². The first-order valence-corrected chi connectivity index (χ1v) is 7.98. The fourth-order valence-electron chi connectivity index (χ4n) is 2.89. The molecule has 0 atom stereocenters. The van der Waals surface area contributed by atoms with Gasteiger partial charge in [-0.2, -0.15) is 0 Å². The molecule has 1 aliphatic heterocycles. The van der Waals surface area contributed by atoms with Gasteiger partial charge in [0, 0.05) is 18.7 Å². The Kier molecular flexibility index (Phi) is 5.09. The van der Waals surface area contributed by atoms with Crippen molar-refractivity contribution in [2.75, 3.05) is 13.1 Å². The van der Waals surface area contributed by atoms with Crippen molar-refractivity contribution in [3.63, 3.8) is 0 Å². The first-order valence-electron chi connectivity index (χ1n) is 7.98. The van der Waals surface area contributed by atoms with Crippen LogP contribution >= 0.6 is 0 Å². The molecule has 0 radical (unpaired) electrons. The topological polar surface area (TPSA) is 66.8 Å². The van der Waals surface area contributed by atoms with Crippen molar-refractivity contribution in [1.82, 2.24) is 4.90 Å². The molecule has 1 N–H and O–H groups in total. The number of piperidine rings is 1. The molecule has 2 rings (SSSR count). The number of likely N-dealkylation sites (tertiary alicyclic amines) is 1. The van der Waals surface area contributed by atoms with Crippen molar-refractivity contribution in [3.8, 4) is 0 Å². The summed E-state index contributed by atoms with van der Waals surface area (Å²) >= 11 is 0. The van der Waals surface area contributed by atoms with Crippen LogP contribution in [0.15, 0.2) is 18.2 Å². The molecule has 0 unspecified atom stereocenters. The van der Waals surface area contributed by atoms with Gasteiger partial charge in [0.2, 0.25) is 0 Å². The number of carboxylic acid groups (broad SMARTS) is 1. The summed E-state index contributed by atoms with van der Waals surface area (Å²) in [5.41, 5.74) is 1.19. The third-order valence-corrected chi connectivity index (χ3v) is 3.82. The number of hydrogen-bond acceptors (Lipinski definition) is 3. The SMILES string of the molecule is Cc1cc(C(=O)O)cc(C(=O)N2CCC(OC(C)(C)C)CC2)c1. The second-order valence-electron chi connectivity index (χ2n) is 7.11. The average molecular weight is 319 g/mol. The largest absolute Gasteiger partial charge is 0.478 e. The molecular formula is C18H25NO4. The van der Waals surface area contributed by atoms with Gasteiger partial charge in [-0.15, -0.1) is 0 Å². The van der Waals surface area contributed by atoms with Gasteiger partial charge in [0.25, 0.3) is 5.91 Å². The fraction of sp³-hybridized carbons (Fsp3) is 0.556. The standard InChI is InChI=1S/C18H25NO4/c1-12-9-13(11-14(10-12)17(21)22)16(20)19-7-5-15(6-8-19)23-18(2,3)4/h9-11,15H,5-8H2,1-4H3,(H,21,22). The average Bonchev–Trinajstić information content (AvgIpc) is 2.45. The Morgan fingerprint density at radius 1 is 1.13 bits per heavy atom. The second-order valence-corrected chi connectivity index (χ2v) is 7.11. The van der Waals surface area contributed by atoms with Crippen LogP contribution in [0.3, 0.4) is 0 Å². The van der Waals surface area contributed by atoms with Crippen LogP contribution in [-0.2, 0) is 4.74 Å². The van der Waals surface area contributed by atoms with Crippen LogP contribution in [-0.4, -0.2) is 46.7 Å². The minimum atomic E-state index is -1.01. The van der Waals surface area contributed by atoms with E-state index in [2.05, 4.69) is 0 Å². The predicted octanol–water partition coefficient (Wildman–Crippen LogP) is 3.11. The van der Waals surface area contributed by atoms with E-state index in [0.29, 0.717) is 18.7 Å². The lowest BCUT2D eigenvalue weighted by atomic mass is 10.0. The van der Waals surface area contributed by atoms with Crippen LogP contribution in [0.25, 0.3) is 0 Å². The highest BCUT2D eigenvalue weighted by molar-refractivity contribution is 5.97. The van der Waals surface area contributed by atoms with Gasteiger partial charge in [-0.3, -0.25) is 4.79 Å². The number of amides is 1. The second kappa shape index (κ2) is 6.71. The molecule has 1 saturated heterocycles. The van der Waals surface area contributed by atoms with E-state index >= 15 is 0 Å². The zero-order chi connectivity index (χ0) is 17.2. The molecule has 1 aromatic rings. The van der Waals surface area contributed by atoms with Gasteiger partial charge in [-0.25, -0.2) is 4.79 Å². The van der Waals surface area contributed by atoms with E-state index in [1.807, 2.05) is 20.8 Å². The number of rotatable bonds is 3. The van der Waals surface area contributed by atoms with E-state index in [9.17, 15) is 9.59 Å². The molecule has 5 heteroatoms. The van der Waals surface area contributed by atoms with Gasteiger partial charge in [0.15, 0.2) is 0 Å². The van der Waals surface area contributed by atoms with Gasteiger partial charge in [0.05, 0.1) is 17.3 Å². The lowest BCUT2D eigenvalue weighted by Crippen LogP contribution is -2.42. The molecule has 23 heavy (non-hydrogen) atoms. The maximum absolute atomic E-state index is 12.6. The third-order valence-electron chi connectivity index (χ3n) is 3.82. The van der Waals surface area contributed by atoms with Crippen LogP contribution < -0.4 is 0 Å². The Hall–Kier alpha value is -1.88. The van der Waals surface area contributed by atoms with Gasteiger partial charge < -0.3 is 14.7 Å². The molecule has 126 valence electrons. The maximum Gasteiger partial charge on any atom is 0.335 e. The molecule has 1 fully saturated rings. The molecule has 5 nitrogen and oxygen atoms in total. The van der Waals surface area contributed by atoms with Crippen LogP contribution in [0.1, 0.15) is 59.9 Å². The quantitative estimate of drug-likeness (QED) is 0.929. The molecular weight excluding hydrogens is 294 g/mol. The van der Waals surface area contributed by atoms with Crippen molar-refractivity contribution in [2.24, 2.45) is 0 Å². The third kappa shape index (κ3) is 4.79. The van der Waals surface area contributed by atoms with E-state index in [1.54, 1.807) is 24.0 Å². The van der Waals surface area contributed by atoms with E-state index < -0.39 is 5.97 Å². The lowest BCUT2D eigenvalue weighted by Gasteiger charge is -2.35. The molecule has 0 spiro atoms. The lowest BCUT2D eigenvalue weighted by molar-refractivity contribution is -0.0791. The Morgan fingerprint density at radius 3 is 2.22 bits per heavy atom. The van der Waals surface area contributed by atoms with Gasteiger partial charge >= 0.3 is 5.97 Å². The number of aromatic carboxylic acids is 1. The summed E-state index contributed by atoms with van der Waals surface area (Å²) < 4.78 is 5.97. The van der Waals surface area contributed by atoms with E-state index in [4.69, 9.17) is 9.84 Å². The summed E-state index contributed by atoms with van der Waals surface area (Å²) in [6.45, 7) is 9.17. The van der Waals surface area contributed by atoms with Crippen LogP contribution in [0.2, 0.25) is 0 Å².